The summed E-state index contributed by atoms with van der Waals surface area (Å²) in [7, 11) is 0. The minimum absolute atomic E-state index is 0.267. The zero-order valence-corrected chi connectivity index (χ0v) is 12.9. The minimum Gasteiger partial charge on any atom is -0.395 e. The van der Waals surface area contributed by atoms with Crippen LogP contribution < -0.4 is 0 Å². The van der Waals surface area contributed by atoms with Crippen molar-refractivity contribution >= 4 is 15.9 Å². The van der Waals surface area contributed by atoms with Crippen molar-refractivity contribution < 1.29 is 5.11 Å². The first-order valence-electron chi connectivity index (χ1n) is 6.34. The van der Waals surface area contributed by atoms with Crippen molar-refractivity contribution in [2.45, 2.75) is 40.5 Å². The Balaban J connectivity index is 4.22. The maximum absolute atomic E-state index is 9.07. The lowest BCUT2D eigenvalue weighted by atomic mass is 9.81. The molecule has 0 heterocycles. The van der Waals surface area contributed by atoms with E-state index < -0.39 is 0 Å². The average Bonchev–Trinajstić information content (AvgIpc) is 2.20. The highest BCUT2D eigenvalue weighted by Gasteiger charge is 2.25. The Morgan fingerprint density at radius 2 is 1.88 bits per heavy atom. The number of hydrogen-bond acceptors (Lipinski definition) is 2. The molecule has 1 atom stereocenters. The van der Waals surface area contributed by atoms with Gasteiger partial charge in [-0.25, -0.2) is 0 Å². The standard InChI is InChI=1S/C13H28BrNO/c1-5-6-7-15(8-9-16)11-12(10-14)13(2,3)4/h12,16H,5-11H2,1-4H3. The Morgan fingerprint density at radius 1 is 1.25 bits per heavy atom. The molecule has 0 radical (unpaired) electrons. The molecule has 1 unspecified atom stereocenters. The maximum Gasteiger partial charge on any atom is 0.0558 e. The maximum atomic E-state index is 9.07. The molecule has 98 valence electrons. The van der Waals surface area contributed by atoms with Crippen molar-refractivity contribution in [2.75, 3.05) is 31.6 Å². The molecule has 1 N–H and O–H groups in total. The van der Waals surface area contributed by atoms with Crippen molar-refractivity contribution in [3.8, 4) is 0 Å². The van der Waals surface area contributed by atoms with Crippen LogP contribution in [0.1, 0.15) is 40.5 Å². The summed E-state index contributed by atoms with van der Waals surface area (Å²) >= 11 is 3.61. The highest BCUT2D eigenvalue weighted by Crippen LogP contribution is 2.28. The number of aliphatic hydroxyl groups excluding tert-OH is 1. The number of aliphatic hydroxyl groups is 1. The van der Waals surface area contributed by atoms with Crippen LogP contribution in [0.2, 0.25) is 0 Å². The number of nitrogens with zero attached hydrogens (tertiary/aromatic N) is 1. The van der Waals surface area contributed by atoms with E-state index in [0.29, 0.717) is 11.3 Å². The van der Waals surface area contributed by atoms with Gasteiger partial charge < -0.3 is 10.0 Å². The Bertz CT molecular complexity index is 168. The first-order chi connectivity index (χ1) is 7.45. The molecule has 0 fully saturated rings. The predicted molar refractivity (Wildman–Crippen MR) is 75.2 cm³/mol. The molecule has 0 aliphatic heterocycles. The topological polar surface area (TPSA) is 23.5 Å². The molecule has 2 nitrogen and oxygen atoms in total. The van der Waals surface area contributed by atoms with Crippen molar-refractivity contribution in [3.05, 3.63) is 0 Å². The second kappa shape index (κ2) is 8.48. The molecule has 3 heteroatoms. The fourth-order valence-corrected chi connectivity index (χ4v) is 2.86. The average molecular weight is 294 g/mol. The summed E-state index contributed by atoms with van der Waals surface area (Å²) in [5.74, 6) is 0.635. The summed E-state index contributed by atoms with van der Waals surface area (Å²) < 4.78 is 0. The van der Waals surface area contributed by atoms with Gasteiger partial charge in [-0.15, -0.1) is 0 Å². The van der Waals surface area contributed by atoms with E-state index in [2.05, 4.69) is 48.5 Å². The lowest BCUT2D eigenvalue weighted by Crippen LogP contribution is -2.38. The number of hydrogen-bond donors (Lipinski definition) is 1. The van der Waals surface area contributed by atoms with Gasteiger partial charge in [-0.2, -0.15) is 0 Å². The van der Waals surface area contributed by atoms with Crippen molar-refractivity contribution in [1.29, 1.82) is 0 Å². The summed E-state index contributed by atoms with van der Waals surface area (Å²) in [5.41, 5.74) is 0.323. The highest BCUT2D eigenvalue weighted by atomic mass is 79.9. The van der Waals surface area contributed by atoms with E-state index in [4.69, 9.17) is 5.11 Å². The van der Waals surface area contributed by atoms with Gasteiger partial charge in [0.05, 0.1) is 6.61 Å². The van der Waals surface area contributed by atoms with Crippen LogP contribution >= 0.6 is 15.9 Å². The van der Waals surface area contributed by atoms with Crippen molar-refractivity contribution in [1.82, 2.24) is 4.90 Å². The van der Waals surface area contributed by atoms with Gasteiger partial charge in [-0.3, -0.25) is 0 Å². The Labute approximate surface area is 110 Å². The van der Waals surface area contributed by atoms with Gasteiger partial charge >= 0.3 is 0 Å². The molecule has 0 aromatic carbocycles. The third kappa shape index (κ3) is 6.87. The van der Waals surface area contributed by atoms with Crippen LogP contribution in [0.25, 0.3) is 0 Å². The Kier molecular flexibility index (Phi) is 8.70. The van der Waals surface area contributed by atoms with Crippen LogP contribution in [0.3, 0.4) is 0 Å². The molecule has 0 amide bonds. The van der Waals surface area contributed by atoms with E-state index in [1.807, 2.05) is 0 Å². The number of unbranched alkanes of at least 4 members (excludes halogenated alkanes) is 1. The Hall–Kier alpha value is 0.400. The van der Waals surface area contributed by atoms with E-state index in [0.717, 1.165) is 25.0 Å². The summed E-state index contributed by atoms with van der Waals surface area (Å²) in [6, 6.07) is 0. The van der Waals surface area contributed by atoms with Gasteiger partial charge in [0.25, 0.3) is 0 Å². The van der Waals surface area contributed by atoms with E-state index >= 15 is 0 Å². The number of rotatable bonds is 8. The van der Waals surface area contributed by atoms with Crippen LogP contribution in [-0.2, 0) is 0 Å². The van der Waals surface area contributed by atoms with Gasteiger partial charge in [-0.05, 0) is 24.3 Å². The third-order valence-electron chi connectivity index (χ3n) is 3.13. The van der Waals surface area contributed by atoms with Gasteiger partial charge in [0, 0.05) is 18.4 Å². The molecule has 0 bridgehead atoms. The molecular weight excluding hydrogens is 266 g/mol. The second-order valence-electron chi connectivity index (χ2n) is 5.60. The number of halogens is 1. The zero-order valence-electron chi connectivity index (χ0n) is 11.3. The normalized spacial score (nSPS) is 14.4. The molecule has 0 spiro atoms. The van der Waals surface area contributed by atoms with Crippen molar-refractivity contribution in [3.63, 3.8) is 0 Å². The van der Waals surface area contributed by atoms with E-state index in [1.165, 1.54) is 12.8 Å². The minimum atomic E-state index is 0.267. The van der Waals surface area contributed by atoms with Gasteiger partial charge in [-0.1, -0.05) is 50.0 Å². The molecule has 0 aliphatic rings. The monoisotopic (exact) mass is 293 g/mol. The van der Waals surface area contributed by atoms with Crippen molar-refractivity contribution in [2.24, 2.45) is 11.3 Å². The van der Waals surface area contributed by atoms with Crippen LogP contribution in [-0.4, -0.2) is 41.6 Å². The van der Waals surface area contributed by atoms with Gasteiger partial charge in [0.15, 0.2) is 0 Å². The molecule has 0 rings (SSSR count). The lowest BCUT2D eigenvalue weighted by Gasteiger charge is -2.34. The quantitative estimate of drug-likeness (QED) is 0.695. The molecule has 16 heavy (non-hydrogen) atoms. The molecular formula is C13H28BrNO. The Morgan fingerprint density at radius 3 is 2.25 bits per heavy atom. The highest BCUT2D eigenvalue weighted by molar-refractivity contribution is 9.09. The first-order valence-corrected chi connectivity index (χ1v) is 7.47. The molecule has 0 aliphatic carbocycles. The fourth-order valence-electron chi connectivity index (χ4n) is 1.68. The van der Waals surface area contributed by atoms with Crippen LogP contribution in [0.4, 0.5) is 0 Å². The SMILES string of the molecule is CCCCN(CCO)CC(CBr)C(C)(C)C. The van der Waals surface area contributed by atoms with E-state index in [9.17, 15) is 0 Å². The van der Waals surface area contributed by atoms with Gasteiger partial charge in [0.2, 0.25) is 0 Å². The smallest absolute Gasteiger partial charge is 0.0558 e. The molecule has 0 saturated carbocycles. The zero-order chi connectivity index (χ0) is 12.6. The summed E-state index contributed by atoms with van der Waals surface area (Å²) in [4.78, 5) is 2.39. The number of alkyl halides is 1. The third-order valence-corrected chi connectivity index (χ3v) is 3.92. The summed E-state index contributed by atoms with van der Waals surface area (Å²) in [6.45, 7) is 12.3. The van der Waals surface area contributed by atoms with Crippen LogP contribution in [0.5, 0.6) is 0 Å². The first kappa shape index (κ1) is 16.4. The predicted octanol–water partition coefficient (Wildman–Crippen LogP) is 3.14. The van der Waals surface area contributed by atoms with E-state index in [1.54, 1.807) is 0 Å². The lowest BCUT2D eigenvalue weighted by molar-refractivity contribution is 0.138. The second-order valence-corrected chi connectivity index (χ2v) is 6.24. The molecule has 0 saturated heterocycles. The molecule has 0 aromatic heterocycles. The van der Waals surface area contributed by atoms with Gasteiger partial charge in [0.1, 0.15) is 0 Å². The van der Waals surface area contributed by atoms with Crippen LogP contribution in [0, 0.1) is 11.3 Å². The summed E-state index contributed by atoms with van der Waals surface area (Å²) in [5, 5.41) is 10.1. The summed E-state index contributed by atoms with van der Waals surface area (Å²) in [6.07, 6.45) is 2.44. The van der Waals surface area contributed by atoms with Crippen LogP contribution in [0.15, 0.2) is 0 Å². The molecule has 0 aromatic rings. The van der Waals surface area contributed by atoms with E-state index in [-0.39, 0.29) is 6.61 Å². The largest absolute Gasteiger partial charge is 0.395 e. The fraction of sp³-hybridized carbons (Fsp3) is 1.00.